The number of nitrogens with zero attached hydrogens (tertiary/aromatic N) is 3. The fraction of sp³-hybridized carbons (Fsp3) is 0.588. The Hall–Kier alpha value is -1.34. The predicted molar refractivity (Wildman–Crippen MR) is 102 cm³/mol. The number of carbonyl (C=O) groups is 1. The third-order valence-electron chi connectivity index (χ3n) is 4.20. The van der Waals surface area contributed by atoms with Crippen LogP contribution in [-0.2, 0) is 10.5 Å². The molecule has 2 rings (SSSR count). The van der Waals surface area contributed by atoms with E-state index in [1.165, 1.54) is 23.1 Å². The normalized spacial score (nSPS) is 11.3. The van der Waals surface area contributed by atoms with Crippen molar-refractivity contribution in [3.05, 3.63) is 33.7 Å². The van der Waals surface area contributed by atoms with Crippen molar-refractivity contribution in [2.24, 2.45) is 5.92 Å². The van der Waals surface area contributed by atoms with Gasteiger partial charge in [0.15, 0.2) is 4.96 Å². The van der Waals surface area contributed by atoms with E-state index in [-0.39, 0.29) is 11.5 Å². The highest BCUT2D eigenvalue weighted by Gasteiger charge is 2.16. The van der Waals surface area contributed by atoms with Crippen LogP contribution in [0.15, 0.2) is 22.4 Å². The summed E-state index contributed by atoms with van der Waals surface area (Å²) in [7, 11) is 0. The molecule has 0 fully saturated rings. The van der Waals surface area contributed by atoms with Gasteiger partial charge in [0.2, 0.25) is 5.91 Å². The second kappa shape index (κ2) is 9.22. The molecule has 2 heterocycles. The van der Waals surface area contributed by atoms with Crippen LogP contribution in [0.5, 0.6) is 0 Å². The van der Waals surface area contributed by atoms with E-state index < -0.39 is 0 Å². The summed E-state index contributed by atoms with van der Waals surface area (Å²) in [5.41, 5.74) is 0.676. The van der Waals surface area contributed by atoms with Crippen molar-refractivity contribution in [2.45, 2.75) is 39.4 Å². The predicted octanol–water partition coefficient (Wildman–Crippen LogP) is 3.27. The largest absolute Gasteiger partial charge is 0.342 e. The molecule has 0 radical (unpaired) electrons. The van der Waals surface area contributed by atoms with Crippen molar-refractivity contribution in [2.75, 3.05) is 18.8 Å². The van der Waals surface area contributed by atoms with Crippen LogP contribution < -0.4 is 5.56 Å². The van der Waals surface area contributed by atoms with E-state index in [4.69, 9.17) is 0 Å². The van der Waals surface area contributed by atoms with Crippen molar-refractivity contribution in [1.29, 1.82) is 0 Å². The Balaban J connectivity index is 1.89. The summed E-state index contributed by atoms with van der Waals surface area (Å²) >= 11 is 2.97. The van der Waals surface area contributed by atoms with E-state index in [0.29, 0.717) is 22.4 Å². The van der Waals surface area contributed by atoms with Gasteiger partial charge in [0, 0.05) is 36.5 Å². The van der Waals surface area contributed by atoms with Crippen LogP contribution in [0.1, 0.15) is 39.3 Å². The van der Waals surface area contributed by atoms with Crippen LogP contribution in [0, 0.1) is 5.92 Å². The summed E-state index contributed by atoms with van der Waals surface area (Å²) in [6, 6.07) is 1.55. The fourth-order valence-electron chi connectivity index (χ4n) is 2.56. The maximum atomic E-state index is 12.4. The van der Waals surface area contributed by atoms with Crippen molar-refractivity contribution in [3.63, 3.8) is 0 Å². The molecule has 2 aromatic heterocycles. The van der Waals surface area contributed by atoms with E-state index in [2.05, 4.69) is 18.8 Å². The molecule has 0 saturated heterocycles. The minimum atomic E-state index is -0.0629. The smallest absolute Gasteiger partial charge is 0.258 e. The number of amides is 1. The first-order valence-corrected chi connectivity index (χ1v) is 10.4. The second-order valence-corrected chi connectivity index (χ2v) is 7.61. The Labute approximate surface area is 151 Å². The second-order valence-electron chi connectivity index (χ2n) is 5.75. The lowest BCUT2D eigenvalue weighted by Gasteiger charge is -2.25. The zero-order valence-electron chi connectivity index (χ0n) is 14.5. The highest BCUT2D eigenvalue weighted by Crippen LogP contribution is 2.15. The van der Waals surface area contributed by atoms with Crippen molar-refractivity contribution >= 4 is 34.0 Å². The molecule has 24 heavy (non-hydrogen) atoms. The average Bonchev–Trinajstić information content (AvgIpc) is 3.05. The quantitative estimate of drug-likeness (QED) is 0.682. The fourth-order valence-corrected chi connectivity index (χ4v) is 4.12. The first kappa shape index (κ1) is 19.0. The molecule has 0 spiro atoms. The Kier molecular flexibility index (Phi) is 7.30. The molecular formula is C17H25N3O2S2. The zero-order valence-corrected chi connectivity index (χ0v) is 16.2. The number of thiazole rings is 1. The molecule has 0 aliphatic rings. The standard InChI is InChI=1S/C17H25N3O2S2/c1-4-13(5-2)10-19(6-3)16(22)12-23-11-14-9-15(21)20-7-8-24-17(20)18-14/h7-9,13H,4-6,10-12H2,1-3H3. The average molecular weight is 368 g/mol. The van der Waals surface area contributed by atoms with Gasteiger partial charge >= 0.3 is 0 Å². The number of carbonyl (C=O) groups excluding carboxylic acids is 1. The summed E-state index contributed by atoms with van der Waals surface area (Å²) in [6.45, 7) is 7.96. The molecular weight excluding hydrogens is 342 g/mol. The van der Waals surface area contributed by atoms with Crippen LogP contribution in [0.3, 0.4) is 0 Å². The molecule has 0 unspecified atom stereocenters. The number of hydrogen-bond donors (Lipinski definition) is 0. The van der Waals surface area contributed by atoms with Crippen LogP contribution >= 0.6 is 23.1 Å². The summed E-state index contributed by atoms with van der Waals surface area (Å²) < 4.78 is 1.54. The van der Waals surface area contributed by atoms with Gasteiger partial charge < -0.3 is 4.90 Å². The first-order valence-electron chi connectivity index (χ1n) is 8.40. The summed E-state index contributed by atoms with van der Waals surface area (Å²) in [5.74, 6) is 1.75. The summed E-state index contributed by atoms with van der Waals surface area (Å²) in [6.07, 6.45) is 3.93. The minimum absolute atomic E-state index is 0.0629. The van der Waals surface area contributed by atoms with Gasteiger partial charge in [0.25, 0.3) is 5.56 Å². The molecule has 1 amide bonds. The van der Waals surface area contributed by atoms with Gasteiger partial charge in [-0.05, 0) is 12.8 Å². The molecule has 0 aliphatic carbocycles. The first-order chi connectivity index (χ1) is 11.6. The Morgan fingerprint density at radius 1 is 1.38 bits per heavy atom. The number of aromatic nitrogens is 2. The molecule has 7 heteroatoms. The number of rotatable bonds is 9. The van der Waals surface area contributed by atoms with Gasteiger partial charge in [0.1, 0.15) is 0 Å². The maximum absolute atomic E-state index is 12.4. The molecule has 132 valence electrons. The molecule has 5 nitrogen and oxygen atoms in total. The lowest BCUT2D eigenvalue weighted by Crippen LogP contribution is -2.36. The van der Waals surface area contributed by atoms with E-state index in [1.54, 1.807) is 16.7 Å². The van der Waals surface area contributed by atoms with Crippen LogP contribution in [0.4, 0.5) is 0 Å². The van der Waals surface area contributed by atoms with Crippen LogP contribution in [-0.4, -0.2) is 39.0 Å². The van der Waals surface area contributed by atoms with Crippen molar-refractivity contribution < 1.29 is 4.79 Å². The van der Waals surface area contributed by atoms with Crippen LogP contribution in [0.25, 0.3) is 4.96 Å². The third kappa shape index (κ3) is 4.83. The molecule has 0 aromatic carbocycles. The number of fused-ring (bicyclic) bond motifs is 1. The SMILES string of the molecule is CCC(CC)CN(CC)C(=O)CSCc1cc(=O)n2ccsc2n1. The third-order valence-corrected chi connectivity index (χ3v) is 5.91. The van der Waals surface area contributed by atoms with Gasteiger partial charge in [-0.25, -0.2) is 4.98 Å². The number of thioether (sulfide) groups is 1. The highest BCUT2D eigenvalue weighted by molar-refractivity contribution is 7.99. The molecule has 0 N–H and O–H groups in total. The van der Waals surface area contributed by atoms with Crippen molar-refractivity contribution in [1.82, 2.24) is 14.3 Å². The molecule has 0 bridgehead atoms. The highest BCUT2D eigenvalue weighted by atomic mass is 32.2. The molecule has 0 aliphatic heterocycles. The molecule has 0 atom stereocenters. The van der Waals surface area contributed by atoms with Gasteiger partial charge in [-0.3, -0.25) is 14.0 Å². The molecule has 0 saturated carbocycles. The monoisotopic (exact) mass is 367 g/mol. The number of hydrogen-bond acceptors (Lipinski definition) is 5. The van der Waals surface area contributed by atoms with E-state index in [0.717, 1.165) is 31.6 Å². The summed E-state index contributed by atoms with van der Waals surface area (Å²) in [4.78, 5) is 31.4. The van der Waals surface area contributed by atoms with Gasteiger partial charge in [0.05, 0.1) is 11.4 Å². The minimum Gasteiger partial charge on any atom is -0.342 e. The maximum Gasteiger partial charge on any atom is 0.258 e. The Bertz CT molecular complexity index is 722. The van der Waals surface area contributed by atoms with Crippen molar-refractivity contribution in [3.8, 4) is 0 Å². The van der Waals surface area contributed by atoms with Gasteiger partial charge in [-0.2, -0.15) is 0 Å². The van der Waals surface area contributed by atoms with Crippen LogP contribution in [0.2, 0.25) is 0 Å². The van der Waals surface area contributed by atoms with Gasteiger partial charge in [-0.15, -0.1) is 23.1 Å². The summed E-state index contributed by atoms with van der Waals surface area (Å²) in [5, 5.41) is 1.85. The van der Waals surface area contributed by atoms with Gasteiger partial charge in [-0.1, -0.05) is 26.7 Å². The Morgan fingerprint density at radius 3 is 2.79 bits per heavy atom. The zero-order chi connectivity index (χ0) is 17.5. The van der Waals surface area contributed by atoms with E-state index in [1.807, 2.05) is 17.2 Å². The lowest BCUT2D eigenvalue weighted by atomic mass is 10.0. The lowest BCUT2D eigenvalue weighted by molar-refractivity contribution is -0.128. The molecule has 2 aromatic rings. The topological polar surface area (TPSA) is 54.7 Å². The van der Waals surface area contributed by atoms with E-state index in [9.17, 15) is 9.59 Å². The van der Waals surface area contributed by atoms with E-state index >= 15 is 0 Å². The Morgan fingerprint density at radius 2 is 2.12 bits per heavy atom.